The molecule has 6 heteroatoms. The quantitative estimate of drug-likeness (QED) is 0.635. The lowest BCUT2D eigenvalue weighted by Gasteiger charge is -2.35. The monoisotopic (exact) mass is 386 g/mol. The fourth-order valence-corrected chi connectivity index (χ4v) is 4.27. The molecule has 140 valence electrons. The van der Waals surface area contributed by atoms with Gasteiger partial charge >= 0.3 is 0 Å². The van der Waals surface area contributed by atoms with Gasteiger partial charge in [-0.25, -0.2) is 4.39 Å². The molecule has 1 aromatic carbocycles. The lowest BCUT2D eigenvalue weighted by atomic mass is 10.00. The average Bonchev–Trinajstić information content (AvgIpc) is 2.61. The Balaban J connectivity index is 1.58. The summed E-state index contributed by atoms with van der Waals surface area (Å²) in [6.45, 7) is 5.21. The van der Waals surface area contributed by atoms with Crippen LogP contribution < -0.4 is 5.32 Å². The zero-order valence-corrected chi connectivity index (χ0v) is 16.5. The molecule has 25 heavy (non-hydrogen) atoms. The number of hydrogen-bond acceptors (Lipinski definition) is 3. The first-order valence-corrected chi connectivity index (χ1v) is 10.7. The second-order valence-electron chi connectivity index (χ2n) is 6.53. The fraction of sp³-hybridized carbons (Fsp3) is 0.632. The van der Waals surface area contributed by atoms with Crippen LogP contribution in [0.15, 0.2) is 18.2 Å². The van der Waals surface area contributed by atoms with Crippen LogP contribution in [-0.2, 0) is 10.5 Å². The molecule has 1 fully saturated rings. The van der Waals surface area contributed by atoms with Crippen LogP contribution in [0.4, 0.5) is 4.39 Å². The minimum atomic E-state index is -0.313. The van der Waals surface area contributed by atoms with Gasteiger partial charge in [-0.3, -0.25) is 4.79 Å². The lowest BCUT2D eigenvalue weighted by molar-refractivity contribution is -0.118. The molecule has 1 aliphatic heterocycles. The summed E-state index contributed by atoms with van der Waals surface area (Å²) < 4.78 is 13.7. The Morgan fingerprint density at radius 2 is 2.28 bits per heavy atom. The first-order chi connectivity index (χ1) is 12.1. The average molecular weight is 387 g/mol. The summed E-state index contributed by atoms with van der Waals surface area (Å²) in [5, 5.41) is 3.36. The largest absolute Gasteiger partial charge is 0.355 e. The van der Waals surface area contributed by atoms with Crippen molar-refractivity contribution in [3.63, 3.8) is 0 Å². The first-order valence-electron chi connectivity index (χ1n) is 9.12. The molecule has 1 aromatic rings. The molecule has 0 spiro atoms. The minimum absolute atomic E-state index is 0.0186. The molecule has 0 radical (unpaired) electrons. The summed E-state index contributed by atoms with van der Waals surface area (Å²) in [6.07, 6.45) is 6.14. The number of hydrogen-bond donors (Lipinski definition) is 1. The van der Waals surface area contributed by atoms with Gasteiger partial charge in [0, 0.05) is 29.9 Å². The molecule has 1 atom stereocenters. The highest BCUT2D eigenvalue weighted by Crippen LogP contribution is 2.20. The molecular formula is C19H28ClFN2OS. The third-order valence-corrected chi connectivity index (χ3v) is 5.89. The van der Waals surface area contributed by atoms with Crippen LogP contribution in [0.1, 0.15) is 44.6 Å². The van der Waals surface area contributed by atoms with Gasteiger partial charge in [0.05, 0.1) is 5.75 Å². The molecule has 1 heterocycles. The summed E-state index contributed by atoms with van der Waals surface area (Å²) in [5.74, 6) is 0.531. The topological polar surface area (TPSA) is 32.3 Å². The van der Waals surface area contributed by atoms with Gasteiger partial charge < -0.3 is 10.2 Å². The predicted octanol–water partition coefficient (Wildman–Crippen LogP) is 4.48. The molecule has 0 aliphatic carbocycles. The Morgan fingerprint density at radius 1 is 1.44 bits per heavy atom. The van der Waals surface area contributed by atoms with E-state index in [9.17, 15) is 9.18 Å². The van der Waals surface area contributed by atoms with Crippen LogP contribution in [0.2, 0.25) is 5.02 Å². The van der Waals surface area contributed by atoms with E-state index in [1.54, 1.807) is 12.1 Å². The maximum atomic E-state index is 13.7. The molecule has 2 rings (SSSR count). The van der Waals surface area contributed by atoms with Gasteiger partial charge in [0.1, 0.15) is 5.82 Å². The highest BCUT2D eigenvalue weighted by Gasteiger charge is 2.19. The van der Waals surface area contributed by atoms with Crippen molar-refractivity contribution in [1.82, 2.24) is 10.2 Å². The number of benzene rings is 1. The molecule has 0 bridgehead atoms. The highest BCUT2D eigenvalue weighted by molar-refractivity contribution is 7.99. The van der Waals surface area contributed by atoms with Gasteiger partial charge in [-0.2, -0.15) is 0 Å². The summed E-state index contributed by atoms with van der Waals surface area (Å²) in [7, 11) is 0. The van der Waals surface area contributed by atoms with Crippen molar-refractivity contribution in [3.8, 4) is 0 Å². The van der Waals surface area contributed by atoms with Crippen molar-refractivity contribution in [2.75, 3.05) is 25.4 Å². The first kappa shape index (κ1) is 20.5. The standard InChI is InChI=1S/C19H28ClFN2OS/c1-2-17-6-3-4-10-23(17)11-5-9-22-19(24)14-25-13-15-7-8-16(20)12-18(15)21/h7-8,12,17H,2-6,9-11,13-14H2,1H3,(H,22,24)/t17-/m1/s1. The summed E-state index contributed by atoms with van der Waals surface area (Å²) >= 11 is 7.15. The van der Waals surface area contributed by atoms with Crippen molar-refractivity contribution in [3.05, 3.63) is 34.6 Å². The fourth-order valence-electron chi connectivity index (χ4n) is 3.27. The van der Waals surface area contributed by atoms with Crippen LogP contribution in [0, 0.1) is 5.82 Å². The highest BCUT2D eigenvalue weighted by atomic mass is 35.5. The zero-order valence-electron chi connectivity index (χ0n) is 14.9. The van der Waals surface area contributed by atoms with Crippen LogP contribution in [-0.4, -0.2) is 42.2 Å². The molecule has 1 amide bonds. The molecule has 0 unspecified atom stereocenters. The summed E-state index contributed by atoms with van der Waals surface area (Å²) in [5.41, 5.74) is 0.581. The number of thioether (sulfide) groups is 1. The Kier molecular flexibility index (Phi) is 9.07. The van der Waals surface area contributed by atoms with E-state index in [0.717, 1.165) is 13.0 Å². The van der Waals surface area contributed by atoms with Crippen LogP contribution in [0.5, 0.6) is 0 Å². The number of carbonyl (C=O) groups excluding carboxylic acids is 1. The Bertz CT molecular complexity index is 558. The Hall–Kier alpha value is -0.780. The molecule has 1 saturated heterocycles. The maximum absolute atomic E-state index is 13.7. The van der Waals surface area contributed by atoms with Gasteiger partial charge in [0.25, 0.3) is 0 Å². The molecule has 3 nitrogen and oxygen atoms in total. The molecule has 1 aliphatic rings. The Morgan fingerprint density at radius 3 is 3.04 bits per heavy atom. The second-order valence-corrected chi connectivity index (χ2v) is 7.95. The predicted molar refractivity (Wildman–Crippen MR) is 105 cm³/mol. The smallest absolute Gasteiger partial charge is 0.230 e. The maximum Gasteiger partial charge on any atom is 0.230 e. The van der Waals surface area contributed by atoms with Gasteiger partial charge in [-0.1, -0.05) is 31.0 Å². The molecule has 1 N–H and O–H groups in total. The van der Waals surface area contributed by atoms with Crippen molar-refractivity contribution >= 4 is 29.3 Å². The lowest BCUT2D eigenvalue weighted by Crippen LogP contribution is -2.40. The molecule has 0 saturated carbocycles. The van der Waals surface area contributed by atoms with E-state index < -0.39 is 0 Å². The van der Waals surface area contributed by atoms with E-state index in [1.165, 1.54) is 50.1 Å². The third-order valence-electron chi connectivity index (χ3n) is 4.67. The summed E-state index contributed by atoms with van der Waals surface area (Å²) in [4.78, 5) is 14.4. The second kappa shape index (κ2) is 11.0. The minimum Gasteiger partial charge on any atom is -0.355 e. The number of amides is 1. The number of likely N-dealkylation sites (tertiary alicyclic amines) is 1. The SMILES string of the molecule is CC[C@@H]1CCCCN1CCCNC(=O)CSCc1ccc(Cl)cc1F. The Labute approximate surface area is 159 Å². The number of halogens is 2. The summed E-state index contributed by atoms with van der Waals surface area (Å²) in [6, 6.07) is 5.37. The van der Waals surface area contributed by atoms with E-state index in [4.69, 9.17) is 11.6 Å². The third kappa shape index (κ3) is 7.16. The van der Waals surface area contributed by atoms with E-state index in [0.29, 0.717) is 34.7 Å². The van der Waals surface area contributed by atoms with Crippen molar-refractivity contribution < 1.29 is 9.18 Å². The number of nitrogens with zero attached hydrogens (tertiary/aromatic N) is 1. The van der Waals surface area contributed by atoms with Crippen molar-refractivity contribution in [1.29, 1.82) is 0 Å². The van der Waals surface area contributed by atoms with E-state index in [2.05, 4.69) is 17.1 Å². The van der Waals surface area contributed by atoms with Crippen LogP contribution >= 0.6 is 23.4 Å². The van der Waals surface area contributed by atoms with E-state index in [1.807, 2.05) is 0 Å². The van der Waals surface area contributed by atoms with Gasteiger partial charge in [-0.15, -0.1) is 11.8 Å². The van der Waals surface area contributed by atoms with Crippen molar-refractivity contribution in [2.45, 2.75) is 50.8 Å². The van der Waals surface area contributed by atoms with E-state index in [-0.39, 0.29) is 11.7 Å². The number of piperidine rings is 1. The van der Waals surface area contributed by atoms with Gasteiger partial charge in [0.2, 0.25) is 5.91 Å². The van der Waals surface area contributed by atoms with Crippen molar-refractivity contribution in [2.24, 2.45) is 0 Å². The molecular weight excluding hydrogens is 359 g/mol. The van der Waals surface area contributed by atoms with Crippen LogP contribution in [0.3, 0.4) is 0 Å². The number of carbonyl (C=O) groups is 1. The molecule has 0 aromatic heterocycles. The van der Waals surface area contributed by atoms with Gasteiger partial charge in [-0.05, 0) is 49.9 Å². The van der Waals surface area contributed by atoms with Gasteiger partial charge in [0.15, 0.2) is 0 Å². The van der Waals surface area contributed by atoms with Crippen LogP contribution in [0.25, 0.3) is 0 Å². The zero-order chi connectivity index (χ0) is 18.1. The van der Waals surface area contributed by atoms with E-state index >= 15 is 0 Å². The normalized spacial score (nSPS) is 18.3. The number of nitrogens with one attached hydrogen (secondary N) is 1. The number of rotatable bonds is 9.